The van der Waals surface area contributed by atoms with Gasteiger partial charge in [0.15, 0.2) is 0 Å². The van der Waals surface area contributed by atoms with Crippen LogP contribution in [0.4, 0.5) is 16.0 Å². The predicted octanol–water partition coefficient (Wildman–Crippen LogP) is 4.24. The number of amides is 1. The van der Waals surface area contributed by atoms with Crippen LogP contribution >= 0.6 is 0 Å². The van der Waals surface area contributed by atoms with E-state index in [0.29, 0.717) is 22.5 Å². The Morgan fingerprint density at radius 2 is 1.74 bits per heavy atom. The summed E-state index contributed by atoms with van der Waals surface area (Å²) in [6, 6.07) is 12.8. The largest absolute Gasteiger partial charge is 0.337 e. The van der Waals surface area contributed by atoms with Crippen LogP contribution in [-0.2, 0) is 5.41 Å². The lowest BCUT2D eigenvalue weighted by molar-refractivity contribution is 0.0118. The van der Waals surface area contributed by atoms with Gasteiger partial charge in [-0.15, -0.1) is 0 Å². The van der Waals surface area contributed by atoms with E-state index in [4.69, 9.17) is 0 Å². The van der Waals surface area contributed by atoms with Crippen LogP contribution in [0.5, 0.6) is 0 Å². The molecule has 3 aliphatic heterocycles. The van der Waals surface area contributed by atoms with E-state index in [9.17, 15) is 9.18 Å². The summed E-state index contributed by atoms with van der Waals surface area (Å²) in [5.41, 5.74) is 4.62. The minimum absolute atomic E-state index is 0.112. The van der Waals surface area contributed by atoms with Crippen molar-refractivity contribution in [3.63, 3.8) is 0 Å². The first kappa shape index (κ1) is 21.0. The van der Waals surface area contributed by atoms with Crippen LogP contribution < -0.4 is 4.90 Å². The van der Waals surface area contributed by atoms with Crippen molar-refractivity contribution < 1.29 is 9.18 Å². The second-order valence-electron chi connectivity index (χ2n) is 11.0. The number of halogens is 1. The standard InChI is InChI=1S/C28H28FN5O/c1-32-11-10-27(15-32)16-33(17-27)25(35)19-6-7-22-24(12-19)34(18-28(22)8-9-28)26-30-13-20(14-31-26)21-4-2-3-5-23(21)29/h2-7,12-14H,8-11,15-18H2,1H3. The van der Waals surface area contributed by atoms with Crippen molar-refractivity contribution >= 4 is 17.5 Å². The van der Waals surface area contributed by atoms with Gasteiger partial charge in [0.2, 0.25) is 5.95 Å². The highest BCUT2D eigenvalue weighted by Gasteiger charge is 2.53. The molecule has 1 amide bonds. The summed E-state index contributed by atoms with van der Waals surface area (Å²) in [5.74, 6) is 0.421. The van der Waals surface area contributed by atoms with Gasteiger partial charge in [-0.3, -0.25) is 4.79 Å². The highest BCUT2D eigenvalue weighted by atomic mass is 19.1. The first-order valence-corrected chi connectivity index (χ1v) is 12.4. The Morgan fingerprint density at radius 1 is 0.971 bits per heavy atom. The van der Waals surface area contributed by atoms with Crippen molar-refractivity contribution in [3.05, 3.63) is 71.8 Å². The Bertz CT molecular complexity index is 1330. The number of benzene rings is 2. The van der Waals surface area contributed by atoms with Gasteiger partial charge in [0.05, 0.1) is 0 Å². The zero-order chi connectivity index (χ0) is 23.8. The zero-order valence-electron chi connectivity index (χ0n) is 19.9. The number of nitrogens with zero attached hydrogens (tertiary/aromatic N) is 5. The molecule has 2 spiro atoms. The Hall–Kier alpha value is -3.32. The van der Waals surface area contributed by atoms with Crippen LogP contribution in [0.25, 0.3) is 11.1 Å². The summed E-state index contributed by atoms with van der Waals surface area (Å²) >= 11 is 0. The molecule has 0 N–H and O–H groups in total. The van der Waals surface area contributed by atoms with E-state index < -0.39 is 0 Å². The summed E-state index contributed by atoms with van der Waals surface area (Å²) in [6.45, 7) is 4.71. The molecular formula is C28H28FN5O. The lowest BCUT2D eigenvalue weighted by Gasteiger charge is -2.48. The maximum atomic E-state index is 14.2. The van der Waals surface area contributed by atoms with Crippen molar-refractivity contribution in [1.82, 2.24) is 19.8 Å². The summed E-state index contributed by atoms with van der Waals surface area (Å²) in [5, 5.41) is 0. The fraction of sp³-hybridized carbons (Fsp3) is 0.393. The Morgan fingerprint density at radius 3 is 2.43 bits per heavy atom. The summed E-state index contributed by atoms with van der Waals surface area (Å²) in [4.78, 5) is 29.0. The molecule has 7 heteroatoms. The van der Waals surface area contributed by atoms with E-state index in [2.05, 4.69) is 32.9 Å². The first-order valence-electron chi connectivity index (χ1n) is 12.4. The van der Waals surface area contributed by atoms with Crippen LogP contribution in [0.15, 0.2) is 54.9 Å². The molecule has 0 bridgehead atoms. The van der Waals surface area contributed by atoms with Gasteiger partial charge in [-0.25, -0.2) is 14.4 Å². The topological polar surface area (TPSA) is 52.6 Å². The van der Waals surface area contributed by atoms with Crippen molar-refractivity contribution in [2.45, 2.75) is 24.7 Å². The van der Waals surface area contributed by atoms with Gasteiger partial charge in [0.1, 0.15) is 5.82 Å². The second-order valence-corrected chi connectivity index (χ2v) is 11.0. The van der Waals surface area contributed by atoms with Crippen LogP contribution in [0.3, 0.4) is 0 Å². The lowest BCUT2D eigenvalue weighted by atomic mass is 9.78. The van der Waals surface area contributed by atoms with Crippen LogP contribution in [0, 0.1) is 11.2 Å². The minimum Gasteiger partial charge on any atom is -0.337 e. The van der Waals surface area contributed by atoms with E-state index in [1.54, 1.807) is 24.5 Å². The van der Waals surface area contributed by atoms with Gasteiger partial charge in [0.25, 0.3) is 5.91 Å². The number of fused-ring (bicyclic) bond motifs is 2. The van der Waals surface area contributed by atoms with Crippen LogP contribution in [-0.4, -0.2) is 65.4 Å². The molecule has 3 aromatic rings. The maximum Gasteiger partial charge on any atom is 0.253 e. The van der Waals surface area contributed by atoms with E-state index in [0.717, 1.165) is 56.8 Å². The smallest absolute Gasteiger partial charge is 0.253 e. The fourth-order valence-electron chi connectivity index (χ4n) is 6.37. The zero-order valence-corrected chi connectivity index (χ0v) is 19.9. The Kier molecular flexibility index (Phi) is 4.40. The minimum atomic E-state index is -0.285. The molecular weight excluding hydrogens is 441 g/mol. The van der Waals surface area contributed by atoms with Crippen LogP contribution in [0.2, 0.25) is 0 Å². The predicted molar refractivity (Wildman–Crippen MR) is 132 cm³/mol. The molecule has 2 aromatic carbocycles. The van der Waals surface area contributed by atoms with Crippen LogP contribution in [0.1, 0.15) is 35.2 Å². The molecule has 1 aromatic heterocycles. The molecule has 0 atom stereocenters. The van der Waals surface area contributed by atoms with E-state index in [1.807, 2.05) is 23.1 Å². The SMILES string of the molecule is CN1CCC2(C1)CN(C(=O)c1ccc3c(c1)N(c1ncc(-c4ccccc4F)cn1)CC31CC1)C2. The number of hydrogen-bond donors (Lipinski definition) is 0. The molecule has 1 aliphatic carbocycles. The quantitative estimate of drug-likeness (QED) is 0.574. The Balaban J connectivity index is 1.16. The molecule has 3 fully saturated rings. The molecule has 6 nitrogen and oxygen atoms in total. The number of hydrogen-bond acceptors (Lipinski definition) is 5. The number of likely N-dealkylation sites (tertiary alicyclic amines) is 2. The van der Waals surface area contributed by atoms with Gasteiger partial charge in [-0.05, 0) is 56.6 Å². The molecule has 35 heavy (non-hydrogen) atoms. The number of anilines is 2. The molecule has 1 saturated carbocycles. The number of aromatic nitrogens is 2. The molecule has 4 aliphatic rings. The van der Waals surface area contributed by atoms with Gasteiger partial charge < -0.3 is 14.7 Å². The second kappa shape index (κ2) is 7.34. The summed E-state index contributed by atoms with van der Waals surface area (Å²) in [6.07, 6.45) is 6.82. The fourth-order valence-corrected chi connectivity index (χ4v) is 6.37. The third-order valence-corrected chi connectivity index (χ3v) is 8.45. The summed E-state index contributed by atoms with van der Waals surface area (Å²) in [7, 11) is 2.16. The molecule has 4 heterocycles. The molecule has 2 saturated heterocycles. The Labute approximate surface area is 204 Å². The molecule has 178 valence electrons. The van der Waals surface area contributed by atoms with Crippen molar-refractivity contribution in [2.75, 3.05) is 44.7 Å². The van der Waals surface area contributed by atoms with Crippen molar-refractivity contribution in [3.8, 4) is 11.1 Å². The third-order valence-electron chi connectivity index (χ3n) is 8.45. The average Bonchev–Trinajstić information content (AvgIpc) is 3.42. The number of carbonyl (C=O) groups is 1. The van der Waals surface area contributed by atoms with E-state index >= 15 is 0 Å². The molecule has 0 unspecified atom stereocenters. The maximum absolute atomic E-state index is 14.2. The summed E-state index contributed by atoms with van der Waals surface area (Å²) < 4.78 is 14.2. The lowest BCUT2D eigenvalue weighted by Crippen LogP contribution is -2.59. The average molecular weight is 470 g/mol. The molecule has 0 radical (unpaired) electrons. The molecule has 7 rings (SSSR count). The third kappa shape index (κ3) is 3.28. The van der Waals surface area contributed by atoms with E-state index in [1.165, 1.54) is 18.1 Å². The highest BCUT2D eigenvalue weighted by molar-refractivity contribution is 5.96. The van der Waals surface area contributed by atoms with Gasteiger partial charge in [-0.1, -0.05) is 24.3 Å². The van der Waals surface area contributed by atoms with Crippen molar-refractivity contribution in [2.24, 2.45) is 5.41 Å². The highest BCUT2D eigenvalue weighted by Crippen LogP contribution is 2.58. The first-order chi connectivity index (χ1) is 17.0. The van der Waals surface area contributed by atoms with Crippen molar-refractivity contribution in [1.29, 1.82) is 0 Å². The van der Waals surface area contributed by atoms with Gasteiger partial charge >= 0.3 is 0 Å². The van der Waals surface area contributed by atoms with E-state index in [-0.39, 0.29) is 17.1 Å². The number of carbonyl (C=O) groups excluding carboxylic acids is 1. The normalized spacial score (nSPS) is 21.4. The monoisotopic (exact) mass is 469 g/mol. The van der Waals surface area contributed by atoms with Gasteiger partial charge in [0, 0.05) is 71.8 Å². The van der Waals surface area contributed by atoms with Gasteiger partial charge in [-0.2, -0.15) is 0 Å². The number of rotatable bonds is 3.